The van der Waals surface area contributed by atoms with Gasteiger partial charge in [-0.2, -0.15) is 0 Å². The number of aryl methyl sites for hydroxylation is 2. The minimum atomic E-state index is 0.0589. The standard InChI is InChI=1S/C21H26N2O2/c1-16-12-17(2)14-19(13-16)21(24)22(3)15-18-6-4-5-7-20(18)23-8-10-25-11-9-23/h4-7,12-14H,8-11,15H2,1-3H3. The number of hydrogen-bond acceptors (Lipinski definition) is 3. The Kier molecular flexibility index (Phi) is 5.39. The highest BCUT2D eigenvalue weighted by Gasteiger charge is 2.18. The van der Waals surface area contributed by atoms with Crippen molar-refractivity contribution in [3.63, 3.8) is 0 Å². The van der Waals surface area contributed by atoms with Gasteiger partial charge >= 0.3 is 0 Å². The van der Waals surface area contributed by atoms with Crippen LogP contribution in [0, 0.1) is 13.8 Å². The van der Waals surface area contributed by atoms with E-state index in [2.05, 4.69) is 29.2 Å². The number of amides is 1. The van der Waals surface area contributed by atoms with Crippen molar-refractivity contribution in [1.82, 2.24) is 4.90 Å². The van der Waals surface area contributed by atoms with Crippen molar-refractivity contribution in [3.05, 3.63) is 64.7 Å². The summed E-state index contributed by atoms with van der Waals surface area (Å²) in [5.41, 5.74) is 5.36. The molecule has 0 atom stereocenters. The number of carbonyl (C=O) groups is 1. The monoisotopic (exact) mass is 338 g/mol. The van der Waals surface area contributed by atoms with Crippen molar-refractivity contribution in [2.24, 2.45) is 0 Å². The van der Waals surface area contributed by atoms with Crippen LogP contribution in [0.4, 0.5) is 5.69 Å². The van der Waals surface area contributed by atoms with E-state index >= 15 is 0 Å². The van der Waals surface area contributed by atoms with E-state index in [9.17, 15) is 4.79 Å². The summed E-state index contributed by atoms with van der Waals surface area (Å²) in [7, 11) is 1.87. The smallest absolute Gasteiger partial charge is 0.253 e. The van der Waals surface area contributed by atoms with Crippen LogP contribution in [0.2, 0.25) is 0 Å². The maximum absolute atomic E-state index is 12.8. The van der Waals surface area contributed by atoms with Crippen LogP contribution in [0.3, 0.4) is 0 Å². The Hall–Kier alpha value is -2.33. The Labute approximate surface area is 150 Å². The number of hydrogen-bond donors (Lipinski definition) is 0. The Bertz CT molecular complexity index is 731. The molecule has 2 aromatic carbocycles. The molecule has 1 fully saturated rings. The van der Waals surface area contributed by atoms with Crippen LogP contribution < -0.4 is 4.90 Å². The molecule has 0 N–H and O–H groups in total. The van der Waals surface area contributed by atoms with Gasteiger partial charge in [0.2, 0.25) is 0 Å². The first-order valence-electron chi connectivity index (χ1n) is 8.79. The quantitative estimate of drug-likeness (QED) is 0.856. The topological polar surface area (TPSA) is 32.8 Å². The average Bonchev–Trinajstić information content (AvgIpc) is 2.61. The molecule has 4 nitrogen and oxygen atoms in total. The van der Waals surface area contributed by atoms with Crippen molar-refractivity contribution in [2.45, 2.75) is 20.4 Å². The minimum Gasteiger partial charge on any atom is -0.378 e. The normalized spacial score (nSPS) is 14.4. The summed E-state index contributed by atoms with van der Waals surface area (Å²) in [6, 6.07) is 14.3. The number of ether oxygens (including phenoxy) is 1. The van der Waals surface area contributed by atoms with Gasteiger partial charge in [-0.05, 0) is 37.6 Å². The molecule has 132 valence electrons. The lowest BCUT2D eigenvalue weighted by atomic mass is 10.1. The zero-order valence-corrected chi connectivity index (χ0v) is 15.3. The number of nitrogens with zero attached hydrogens (tertiary/aromatic N) is 2. The van der Waals surface area contributed by atoms with E-state index in [1.807, 2.05) is 39.1 Å². The third-order valence-electron chi connectivity index (χ3n) is 4.57. The fourth-order valence-corrected chi connectivity index (χ4v) is 3.40. The Balaban J connectivity index is 1.78. The molecular weight excluding hydrogens is 312 g/mol. The van der Waals surface area contributed by atoms with Crippen LogP contribution >= 0.6 is 0 Å². The molecule has 0 bridgehead atoms. The predicted molar refractivity (Wildman–Crippen MR) is 101 cm³/mol. The van der Waals surface area contributed by atoms with Gasteiger partial charge in [-0.3, -0.25) is 4.79 Å². The molecule has 0 aromatic heterocycles. The molecular formula is C21H26N2O2. The van der Waals surface area contributed by atoms with E-state index in [4.69, 9.17) is 4.74 Å². The number of benzene rings is 2. The first-order valence-corrected chi connectivity index (χ1v) is 8.79. The highest BCUT2D eigenvalue weighted by Crippen LogP contribution is 2.23. The van der Waals surface area contributed by atoms with E-state index in [1.54, 1.807) is 4.90 Å². The number of anilines is 1. The summed E-state index contributed by atoms with van der Waals surface area (Å²) in [5, 5.41) is 0. The van der Waals surface area contributed by atoms with E-state index in [0.717, 1.165) is 43.0 Å². The van der Waals surface area contributed by atoms with Gasteiger partial charge in [-0.25, -0.2) is 0 Å². The molecule has 0 saturated carbocycles. The molecule has 1 aliphatic heterocycles. The lowest BCUT2D eigenvalue weighted by Crippen LogP contribution is -2.37. The molecule has 1 heterocycles. The van der Waals surface area contributed by atoms with Gasteiger partial charge in [0.25, 0.3) is 5.91 Å². The first-order chi connectivity index (χ1) is 12.0. The summed E-state index contributed by atoms with van der Waals surface area (Å²) in [6.07, 6.45) is 0. The molecule has 4 heteroatoms. The summed E-state index contributed by atoms with van der Waals surface area (Å²) in [5.74, 6) is 0.0589. The van der Waals surface area contributed by atoms with Crippen LogP contribution in [-0.2, 0) is 11.3 Å². The Morgan fingerprint density at radius 2 is 1.72 bits per heavy atom. The lowest BCUT2D eigenvalue weighted by Gasteiger charge is -2.31. The third-order valence-corrected chi connectivity index (χ3v) is 4.57. The van der Waals surface area contributed by atoms with Gasteiger partial charge in [0.15, 0.2) is 0 Å². The molecule has 0 aliphatic carbocycles. The summed E-state index contributed by atoms with van der Waals surface area (Å²) in [6.45, 7) is 7.95. The molecule has 25 heavy (non-hydrogen) atoms. The predicted octanol–water partition coefficient (Wildman–Crippen LogP) is 3.41. The number of morpholine rings is 1. The third kappa shape index (κ3) is 4.20. The Morgan fingerprint density at radius 3 is 2.40 bits per heavy atom. The summed E-state index contributed by atoms with van der Waals surface area (Å²) in [4.78, 5) is 17.0. The highest BCUT2D eigenvalue weighted by molar-refractivity contribution is 5.94. The zero-order chi connectivity index (χ0) is 17.8. The molecule has 0 spiro atoms. The van der Waals surface area contributed by atoms with Crippen molar-refractivity contribution >= 4 is 11.6 Å². The second-order valence-electron chi connectivity index (χ2n) is 6.77. The van der Waals surface area contributed by atoms with Gasteiger partial charge in [-0.1, -0.05) is 35.4 Å². The maximum atomic E-state index is 12.8. The molecule has 2 aromatic rings. The fourth-order valence-electron chi connectivity index (χ4n) is 3.40. The maximum Gasteiger partial charge on any atom is 0.253 e. The van der Waals surface area contributed by atoms with E-state index in [0.29, 0.717) is 6.54 Å². The van der Waals surface area contributed by atoms with Gasteiger partial charge in [0.05, 0.1) is 13.2 Å². The van der Waals surface area contributed by atoms with Crippen molar-refractivity contribution in [3.8, 4) is 0 Å². The summed E-state index contributed by atoms with van der Waals surface area (Å²) < 4.78 is 5.45. The van der Waals surface area contributed by atoms with Crippen LogP contribution in [-0.4, -0.2) is 44.2 Å². The van der Waals surface area contributed by atoms with Crippen LogP contribution in [0.25, 0.3) is 0 Å². The molecule has 3 rings (SSSR count). The molecule has 0 unspecified atom stereocenters. The molecule has 1 amide bonds. The zero-order valence-electron chi connectivity index (χ0n) is 15.3. The van der Waals surface area contributed by atoms with Crippen molar-refractivity contribution < 1.29 is 9.53 Å². The minimum absolute atomic E-state index is 0.0589. The number of para-hydroxylation sites is 1. The van der Waals surface area contributed by atoms with Gasteiger partial charge in [0.1, 0.15) is 0 Å². The van der Waals surface area contributed by atoms with Gasteiger partial charge in [0, 0.05) is 37.9 Å². The lowest BCUT2D eigenvalue weighted by molar-refractivity contribution is 0.0784. The van der Waals surface area contributed by atoms with Crippen LogP contribution in [0.1, 0.15) is 27.0 Å². The van der Waals surface area contributed by atoms with E-state index in [1.165, 1.54) is 11.3 Å². The fraction of sp³-hybridized carbons (Fsp3) is 0.381. The van der Waals surface area contributed by atoms with Gasteiger partial charge < -0.3 is 14.5 Å². The number of carbonyl (C=O) groups excluding carboxylic acids is 1. The molecule has 1 aliphatic rings. The average molecular weight is 338 g/mol. The molecule has 0 radical (unpaired) electrons. The van der Waals surface area contributed by atoms with Crippen molar-refractivity contribution in [2.75, 3.05) is 38.3 Å². The van der Waals surface area contributed by atoms with Gasteiger partial charge in [-0.15, -0.1) is 0 Å². The summed E-state index contributed by atoms with van der Waals surface area (Å²) >= 11 is 0. The largest absolute Gasteiger partial charge is 0.378 e. The number of rotatable bonds is 4. The Morgan fingerprint density at radius 1 is 1.08 bits per heavy atom. The molecule has 1 saturated heterocycles. The SMILES string of the molecule is Cc1cc(C)cc(C(=O)N(C)Cc2ccccc2N2CCOCC2)c1. The second kappa shape index (κ2) is 7.70. The first kappa shape index (κ1) is 17.5. The van der Waals surface area contributed by atoms with E-state index < -0.39 is 0 Å². The van der Waals surface area contributed by atoms with Crippen LogP contribution in [0.15, 0.2) is 42.5 Å². The second-order valence-corrected chi connectivity index (χ2v) is 6.77. The highest BCUT2D eigenvalue weighted by atomic mass is 16.5. The van der Waals surface area contributed by atoms with E-state index in [-0.39, 0.29) is 5.91 Å². The van der Waals surface area contributed by atoms with Crippen molar-refractivity contribution in [1.29, 1.82) is 0 Å². The van der Waals surface area contributed by atoms with Crippen LogP contribution in [0.5, 0.6) is 0 Å².